The normalized spacial score (nSPS) is 25.0. The van der Waals surface area contributed by atoms with Crippen LogP contribution in [0.15, 0.2) is 30.3 Å². The number of carbonyl (C=O) groups is 1. The molecule has 1 aromatic carbocycles. The molecule has 2 unspecified atom stereocenters. The van der Waals surface area contributed by atoms with Crippen molar-refractivity contribution in [3.8, 4) is 0 Å². The fourth-order valence-electron chi connectivity index (χ4n) is 3.70. The lowest BCUT2D eigenvalue weighted by molar-refractivity contribution is 0.0840. The molecule has 5 heteroatoms. The van der Waals surface area contributed by atoms with E-state index >= 15 is 0 Å². The lowest BCUT2D eigenvalue weighted by Crippen LogP contribution is -2.48. The zero-order valence-corrected chi connectivity index (χ0v) is 14.4. The summed E-state index contributed by atoms with van der Waals surface area (Å²) in [5, 5.41) is 12.7. The lowest BCUT2D eigenvalue weighted by Gasteiger charge is -2.30. The Labute approximate surface area is 144 Å². The molecule has 1 aromatic rings. The number of nitrogens with one attached hydrogen (secondary N) is 1. The number of nitrogens with zero attached hydrogens (tertiary/aromatic N) is 2. The van der Waals surface area contributed by atoms with Crippen LogP contribution in [0.5, 0.6) is 0 Å². The van der Waals surface area contributed by atoms with Gasteiger partial charge in [-0.1, -0.05) is 30.3 Å². The molecule has 0 aliphatic carbocycles. The highest BCUT2D eigenvalue weighted by atomic mass is 16.3. The Morgan fingerprint density at radius 2 is 2.00 bits per heavy atom. The fraction of sp³-hybridized carbons (Fsp3) is 0.632. The number of aliphatic hydroxyl groups is 1. The molecule has 0 spiro atoms. The van der Waals surface area contributed by atoms with Crippen molar-refractivity contribution in [1.82, 2.24) is 15.1 Å². The molecule has 0 bridgehead atoms. The quantitative estimate of drug-likeness (QED) is 0.864. The van der Waals surface area contributed by atoms with Crippen molar-refractivity contribution in [1.29, 1.82) is 0 Å². The number of benzene rings is 1. The van der Waals surface area contributed by atoms with Crippen LogP contribution in [-0.2, 0) is 6.42 Å². The maximum atomic E-state index is 12.2. The van der Waals surface area contributed by atoms with Crippen molar-refractivity contribution in [2.24, 2.45) is 5.92 Å². The van der Waals surface area contributed by atoms with Gasteiger partial charge in [0.2, 0.25) is 0 Å². The molecule has 2 saturated heterocycles. The number of carbonyl (C=O) groups excluding carboxylic acids is 1. The Bertz CT molecular complexity index is 523. The zero-order valence-electron chi connectivity index (χ0n) is 14.4. The van der Waals surface area contributed by atoms with E-state index in [4.69, 9.17) is 0 Å². The first-order chi connectivity index (χ1) is 11.7. The molecule has 2 atom stereocenters. The van der Waals surface area contributed by atoms with E-state index in [1.807, 2.05) is 0 Å². The summed E-state index contributed by atoms with van der Waals surface area (Å²) in [6.07, 6.45) is 3.58. The van der Waals surface area contributed by atoms with Gasteiger partial charge in [-0.15, -0.1) is 0 Å². The van der Waals surface area contributed by atoms with E-state index in [0.717, 1.165) is 58.4 Å². The van der Waals surface area contributed by atoms with E-state index in [1.165, 1.54) is 5.56 Å². The van der Waals surface area contributed by atoms with Gasteiger partial charge < -0.3 is 20.2 Å². The van der Waals surface area contributed by atoms with Crippen LogP contribution in [-0.4, -0.2) is 66.3 Å². The summed E-state index contributed by atoms with van der Waals surface area (Å²) >= 11 is 0. The number of β-amino-alcohol motifs (C(OH)–C–C–N with tert-alkyl or cyclic N) is 1. The Hall–Kier alpha value is -1.59. The third-order valence-corrected chi connectivity index (χ3v) is 5.16. The standard InChI is InChI=1S/C19H29N3O2/c23-18-7-4-10-22(15-18)19(24)20-13-17-9-12-21(14-17)11-8-16-5-2-1-3-6-16/h1-3,5-6,17-18,23H,4,7-15H2,(H,20,24). The van der Waals surface area contributed by atoms with Crippen molar-refractivity contribution in [3.63, 3.8) is 0 Å². The molecule has 2 heterocycles. The lowest BCUT2D eigenvalue weighted by atomic mass is 10.1. The van der Waals surface area contributed by atoms with Crippen molar-refractivity contribution < 1.29 is 9.90 Å². The van der Waals surface area contributed by atoms with E-state index in [1.54, 1.807) is 4.90 Å². The average molecular weight is 331 g/mol. The maximum absolute atomic E-state index is 12.2. The van der Waals surface area contributed by atoms with Gasteiger partial charge >= 0.3 is 6.03 Å². The van der Waals surface area contributed by atoms with Gasteiger partial charge in [0.1, 0.15) is 0 Å². The molecule has 0 radical (unpaired) electrons. The Morgan fingerprint density at radius 3 is 2.79 bits per heavy atom. The molecule has 3 rings (SSSR count). The number of amides is 2. The zero-order chi connectivity index (χ0) is 16.8. The van der Waals surface area contributed by atoms with E-state index in [9.17, 15) is 9.90 Å². The molecule has 5 nitrogen and oxygen atoms in total. The first-order valence-electron chi connectivity index (χ1n) is 9.18. The summed E-state index contributed by atoms with van der Waals surface area (Å²) in [6.45, 7) is 5.25. The molecule has 2 aliphatic rings. The van der Waals surface area contributed by atoms with Crippen LogP contribution in [0.2, 0.25) is 0 Å². The molecule has 2 aliphatic heterocycles. The number of hydrogen-bond acceptors (Lipinski definition) is 3. The minimum Gasteiger partial charge on any atom is -0.391 e. The highest BCUT2D eigenvalue weighted by Gasteiger charge is 2.25. The largest absolute Gasteiger partial charge is 0.391 e. The van der Waals surface area contributed by atoms with Crippen molar-refractivity contribution >= 4 is 6.03 Å². The first-order valence-corrected chi connectivity index (χ1v) is 9.18. The monoisotopic (exact) mass is 331 g/mol. The van der Waals surface area contributed by atoms with Gasteiger partial charge in [-0.25, -0.2) is 4.79 Å². The molecule has 2 fully saturated rings. The average Bonchev–Trinajstić information content (AvgIpc) is 3.07. The summed E-state index contributed by atoms with van der Waals surface area (Å²) < 4.78 is 0. The van der Waals surface area contributed by atoms with Gasteiger partial charge in [0.25, 0.3) is 0 Å². The van der Waals surface area contributed by atoms with Crippen LogP contribution in [0, 0.1) is 5.92 Å². The SMILES string of the molecule is O=C(NCC1CCN(CCc2ccccc2)C1)N1CCCC(O)C1. The fourth-order valence-corrected chi connectivity index (χ4v) is 3.70. The number of hydrogen-bond donors (Lipinski definition) is 2. The number of aliphatic hydroxyl groups excluding tert-OH is 1. The summed E-state index contributed by atoms with van der Waals surface area (Å²) in [5.41, 5.74) is 1.39. The van der Waals surface area contributed by atoms with Gasteiger partial charge in [0.05, 0.1) is 6.10 Å². The molecule has 2 N–H and O–H groups in total. The molecule has 0 saturated carbocycles. The van der Waals surface area contributed by atoms with Gasteiger partial charge in [-0.3, -0.25) is 0 Å². The van der Waals surface area contributed by atoms with Gasteiger partial charge in [0.15, 0.2) is 0 Å². The van der Waals surface area contributed by atoms with Gasteiger partial charge in [-0.05, 0) is 43.7 Å². The van der Waals surface area contributed by atoms with Crippen LogP contribution in [0.1, 0.15) is 24.8 Å². The second kappa shape index (κ2) is 8.49. The second-order valence-electron chi connectivity index (χ2n) is 7.12. The minimum absolute atomic E-state index is 0.0171. The van der Waals surface area contributed by atoms with Crippen LogP contribution in [0.25, 0.3) is 0 Å². The molecule has 0 aromatic heterocycles. The minimum atomic E-state index is -0.357. The van der Waals surface area contributed by atoms with E-state index < -0.39 is 0 Å². The summed E-state index contributed by atoms with van der Waals surface area (Å²) in [5.74, 6) is 0.541. The second-order valence-corrected chi connectivity index (χ2v) is 7.12. The van der Waals surface area contributed by atoms with E-state index in [2.05, 4.69) is 40.5 Å². The number of likely N-dealkylation sites (tertiary alicyclic amines) is 2. The summed E-state index contributed by atoms with van der Waals surface area (Å²) in [4.78, 5) is 16.4. The Balaban J connectivity index is 1.34. The third kappa shape index (κ3) is 4.95. The number of piperidine rings is 1. The third-order valence-electron chi connectivity index (χ3n) is 5.16. The van der Waals surface area contributed by atoms with Crippen molar-refractivity contribution in [3.05, 3.63) is 35.9 Å². The van der Waals surface area contributed by atoms with E-state index in [0.29, 0.717) is 12.5 Å². The maximum Gasteiger partial charge on any atom is 0.317 e. The highest BCUT2D eigenvalue weighted by molar-refractivity contribution is 5.74. The summed E-state index contributed by atoms with van der Waals surface area (Å²) in [7, 11) is 0. The van der Waals surface area contributed by atoms with Crippen molar-refractivity contribution in [2.75, 3.05) is 39.3 Å². The van der Waals surface area contributed by atoms with Gasteiger partial charge in [0, 0.05) is 32.7 Å². The van der Waals surface area contributed by atoms with Crippen LogP contribution < -0.4 is 5.32 Å². The molecule has 2 amide bonds. The van der Waals surface area contributed by atoms with Gasteiger partial charge in [-0.2, -0.15) is 0 Å². The predicted molar refractivity (Wildman–Crippen MR) is 94.9 cm³/mol. The highest BCUT2D eigenvalue weighted by Crippen LogP contribution is 2.16. The molecular weight excluding hydrogens is 302 g/mol. The topological polar surface area (TPSA) is 55.8 Å². The first kappa shape index (κ1) is 17.2. The number of urea groups is 1. The Morgan fingerprint density at radius 1 is 1.17 bits per heavy atom. The predicted octanol–water partition coefficient (Wildman–Crippen LogP) is 1.72. The van der Waals surface area contributed by atoms with Crippen molar-refractivity contribution in [2.45, 2.75) is 31.8 Å². The van der Waals surface area contributed by atoms with Crippen LogP contribution in [0.4, 0.5) is 4.79 Å². The Kier molecular flexibility index (Phi) is 6.10. The summed E-state index contributed by atoms with van der Waals surface area (Å²) in [6, 6.07) is 10.6. The van der Waals surface area contributed by atoms with Crippen LogP contribution >= 0.6 is 0 Å². The van der Waals surface area contributed by atoms with Crippen LogP contribution in [0.3, 0.4) is 0 Å². The molecule has 132 valence electrons. The molecular formula is C19H29N3O2. The van der Waals surface area contributed by atoms with E-state index in [-0.39, 0.29) is 12.1 Å². The number of rotatable bonds is 5. The molecule has 24 heavy (non-hydrogen) atoms. The smallest absolute Gasteiger partial charge is 0.317 e.